The lowest BCUT2D eigenvalue weighted by molar-refractivity contribution is -0.140. The monoisotopic (exact) mass is 681 g/mol. The number of nitrogens with one attached hydrogen (secondary N) is 1. The zero-order chi connectivity index (χ0) is 33.3. The number of carbonyl (C=O) groups excluding carboxylic acids is 2. The molecule has 4 rings (SSSR count). The highest BCUT2D eigenvalue weighted by Crippen LogP contribution is 2.28. The Morgan fingerprint density at radius 3 is 2.09 bits per heavy atom. The molecule has 0 saturated carbocycles. The van der Waals surface area contributed by atoms with E-state index in [2.05, 4.69) is 5.32 Å². The number of sulfonamides is 1. The second kappa shape index (κ2) is 16.0. The van der Waals surface area contributed by atoms with Crippen LogP contribution in [-0.2, 0) is 32.6 Å². The third-order valence-corrected chi connectivity index (χ3v) is 9.53. The first-order valence-electron chi connectivity index (χ1n) is 14.9. The molecule has 0 bridgehead atoms. The molecule has 46 heavy (non-hydrogen) atoms. The standard InChI is InChI=1S/C35H37Cl2N3O5S/c1-4-45-30-18-16-29(17-19-30)40(46(43,44)31-20-14-28(36)15-21-31)24-34(41)39(23-27-12-8-9-13-32(27)37)33(35(42)38-25(2)3)22-26-10-6-5-7-11-26/h5-21,25,33H,4,22-24H2,1-3H3,(H,38,42). The van der Waals surface area contributed by atoms with Crippen molar-refractivity contribution in [2.75, 3.05) is 17.5 Å². The molecule has 0 aliphatic carbocycles. The smallest absolute Gasteiger partial charge is 0.264 e. The molecule has 0 radical (unpaired) electrons. The third-order valence-electron chi connectivity index (χ3n) is 7.12. The van der Waals surface area contributed by atoms with Gasteiger partial charge >= 0.3 is 0 Å². The van der Waals surface area contributed by atoms with Gasteiger partial charge in [0.1, 0.15) is 18.3 Å². The summed E-state index contributed by atoms with van der Waals surface area (Å²) in [5.41, 5.74) is 1.69. The molecule has 0 heterocycles. The second-order valence-electron chi connectivity index (χ2n) is 10.9. The van der Waals surface area contributed by atoms with Crippen molar-refractivity contribution in [2.45, 2.75) is 50.7 Å². The van der Waals surface area contributed by atoms with Gasteiger partial charge in [0, 0.05) is 29.1 Å². The summed E-state index contributed by atoms with van der Waals surface area (Å²) in [6.07, 6.45) is 0.197. The van der Waals surface area contributed by atoms with Crippen LogP contribution in [0.15, 0.2) is 108 Å². The molecule has 0 saturated heterocycles. The predicted octanol–water partition coefficient (Wildman–Crippen LogP) is 6.75. The second-order valence-corrected chi connectivity index (χ2v) is 13.6. The lowest BCUT2D eigenvalue weighted by Crippen LogP contribution is -2.54. The minimum absolute atomic E-state index is 0.0281. The van der Waals surface area contributed by atoms with Crippen LogP contribution >= 0.6 is 23.2 Å². The van der Waals surface area contributed by atoms with Crippen LogP contribution in [0.3, 0.4) is 0 Å². The Morgan fingerprint density at radius 1 is 0.848 bits per heavy atom. The summed E-state index contributed by atoms with van der Waals surface area (Å²) in [7, 11) is -4.27. The van der Waals surface area contributed by atoms with Crippen molar-refractivity contribution in [3.8, 4) is 5.75 Å². The summed E-state index contributed by atoms with van der Waals surface area (Å²) in [6, 6.07) is 27.4. The molecule has 242 valence electrons. The summed E-state index contributed by atoms with van der Waals surface area (Å²) in [4.78, 5) is 29.7. The highest BCUT2D eigenvalue weighted by molar-refractivity contribution is 7.92. The molecular formula is C35H37Cl2N3O5S. The highest BCUT2D eigenvalue weighted by atomic mass is 35.5. The highest BCUT2D eigenvalue weighted by Gasteiger charge is 2.35. The van der Waals surface area contributed by atoms with Crippen molar-refractivity contribution < 1.29 is 22.7 Å². The number of nitrogens with zero attached hydrogens (tertiary/aromatic N) is 2. The summed E-state index contributed by atoms with van der Waals surface area (Å²) in [5, 5.41) is 3.73. The molecule has 0 aromatic heterocycles. The topological polar surface area (TPSA) is 96.0 Å². The van der Waals surface area contributed by atoms with Gasteiger partial charge in [0.25, 0.3) is 10.0 Å². The Bertz CT molecular complexity index is 1720. The van der Waals surface area contributed by atoms with E-state index in [1.165, 1.54) is 29.2 Å². The van der Waals surface area contributed by atoms with Gasteiger partial charge < -0.3 is 15.0 Å². The Labute approximate surface area is 280 Å². The van der Waals surface area contributed by atoms with E-state index in [1.807, 2.05) is 51.1 Å². The molecule has 0 fully saturated rings. The average Bonchev–Trinajstić information content (AvgIpc) is 3.03. The zero-order valence-corrected chi connectivity index (χ0v) is 28.2. The van der Waals surface area contributed by atoms with Gasteiger partial charge in [-0.1, -0.05) is 71.7 Å². The number of rotatable bonds is 14. The summed E-state index contributed by atoms with van der Waals surface area (Å²) in [5.74, 6) is -0.409. The molecule has 11 heteroatoms. The molecule has 1 N–H and O–H groups in total. The molecule has 0 spiro atoms. The van der Waals surface area contributed by atoms with Gasteiger partial charge in [0.15, 0.2) is 0 Å². The van der Waals surface area contributed by atoms with E-state index in [0.29, 0.717) is 28.0 Å². The van der Waals surface area contributed by atoms with Crippen LogP contribution < -0.4 is 14.4 Å². The number of hydrogen-bond acceptors (Lipinski definition) is 5. The van der Waals surface area contributed by atoms with Crippen molar-refractivity contribution in [1.82, 2.24) is 10.2 Å². The van der Waals surface area contributed by atoms with Crippen LogP contribution in [0.1, 0.15) is 31.9 Å². The molecule has 2 amide bonds. The van der Waals surface area contributed by atoms with Gasteiger partial charge in [-0.15, -0.1) is 0 Å². The fraction of sp³-hybridized carbons (Fsp3) is 0.257. The molecule has 8 nitrogen and oxygen atoms in total. The zero-order valence-electron chi connectivity index (χ0n) is 25.9. The van der Waals surface area contributed by atoms with Gasteiger partial charge in [-0.2, -0.15) is 0 Å². The Kier molecular flexibility index (Phi) is 12.1. The van der Waals surface area contributed by atoms with Gasteiger partial charge in [0.2, 0.25) is 11.8 Å². The van der Waals surface area contributed by atoms with Crippen LogP contribution in [0.4, 0.5) is 5.69 Å². The Hall–Kier alpha value is -4.05. The third kappa shape index (κ3) is 9.02. The molecule has 0 aliphatic rings. The molecule has 1 atom stereocenters. The lowest BCUT2D eigenvalue weighted by Gasteiger charge is -2.34. The molecule has 4 aromatic carbocycles. The van der Waals surface area contributed by atoms with Crippen LogP contribution in [-0.4, -0.2) is 50.4 Å². The Balaban J connectivity index is 1.81. The first-order chi connectivity index (χ1) is 22.0. The van der Waals surface area contributed by atoms with Crippen molar-refractivity contribution in [3.05, 3.63) is 124 Å². The first kappa shape index (κ1) is 34.8. The van der Waals surface area contributed by atoms with E-state index >= 15 is 0 Å². The van der Waals surface area contributed by atoms with E-state index < -0.39 is 28.5 Å². The maximum Gasteiger partial charge on any atom is 0.264 e. The van der Waals surface area contributed by atoms with Crippen LogP contribution in [0, 0.1) is 0 Å². The van der Waals surface area contributed by atoms with Gasteiger partial charge in [0.05, 0.1) is 17.2 Å². The van der Waals surface area contributed by atoms with Gasteiger partial charge in [-0.25, -0.2) is 8.42 Å². The molecule has 0 aliphatic heterocycles. The van der Waals surface area contributed by atoms with E-state index in [-0.39, 0.29) is 35.5 Å². The number of anilines is 1. The number of hydrogen-bond donors (Lipinski definition) is 1. The number of carbonyl (C=O) groups is 2. The van der Waals surface area contributed by atoms with Crippen molar-refractivity contribution >= 4 is 50.7 Å². The Morgan fingerprint density at radius 2 is 1.48 bits per heavy atom. The largest absolute Gasteiger partial charge is 0.494 e. The average molecular weight is 683 g/mol. The maximum absolute atomic E-state index is 14.5. The molecular weight excluding hydrogens is 645 g/mol. The van der Waals surface area contributed by atoms with Crippen molar-refractivity contribution in [2.24, 2.45) is 0 Å². The molecule has 4 aromatic rings. The van der Waals surface area contributed by atoms with Gasteiger partial charge in [-0.05, 0) is 86.5 Å². The van der Waals surface area contributed by atoms with Crippen LogP contribution in [0.5, 0.6) is 5.75 Å². The summed E-state index contributed by atoms with van der Waals surface area (Å²) < 4.78 is 34.9. The van der Waals surface area contributed by atoms with Crippen molar-refractivity contribution in [1.29, 1.82) is 0 Å². The lowest BCUT2D eigenvalue weighted by atomic mass is 10.0. The predicted molar refractivity (Wildman–Crippen MR) is 183 cm³/mol. The minimum atomic E-state index is -4.27. The van der Waals surface area contributed by atoms with E-state index in [9.17, 15) is 18.0 Å². The normalized spacial score (nSPS) is 12.0. The fourth-order valence-corrected chi connectivity index (χ4v) is 6.62. The number of amides is 2. The number of ether oxygens (including phenoxy) is 1. The first-order valence-corrected chi connectivity index (χ1v) is 17.1. The SMILES string of the molecule is CCOc1ccc(N(CC(=O)N(Cc2ccccc2Cl)C(Cc2ccccc2)C(=O)NC(C)C)S(=O)(=O)c2ccc(Cl)cc2)cc1. The van der Waals surface area contributed by atoms with Crippen LogP contribution in [0.25, 0.3) is 0 Å². The van der Waals surface area contributed by atoms with Gasteiger partial charge in [-0.3, -0.25) is 13.9 Å². The summed E-state index contributed by atoms with van der Waals surface area (Å²) >= 11 is 12.6. The quantitative estimate of drug-likeness (QED) is 0.159. The number of benzene rings is 4. The number of halogens is 2. The van der Waals surface area contributed by atoms with E-state index in [1.54, 1.807) is 48.5 Å². The van der Waals surface area contributed by atoms with E-state index in [4.69, 9.17) is 27.9 Å². The van der Waals surface area contributed by atoms with Crippen molar-refractivity contribution in [3.63, 3.8) is 0 Å². The maximum atomic E-state index is 14.5. The fourth-order valence-electron chi connectivity index (χ4n) is 4.88. The summed E-state index contributed by atoms with van der Waals surface area (Å²) in [6.45, 7) is 5.33. The van der Waals surface area contributed by atoms with E-state index in [0.717, 1.165) is 9.87 Å². The van der Waals surface area contributed by atoms with Crippen LogP contribution in [0.2, 0.25) is 10.0 Å². The molecule has 1 unspecified atom stereocenters. The minimum Gasteiger partial charge on any atom is -0.494 e.